The van der Waals surface area contributed by atoms with Gasteiger partial charge in [-0.1, -0.05) is 15.9 Å². The number of aryl methyl sites for hydroxylation is 2. The van der Waals surface area contributed by atoms with Gasteiger partial charge in [0.25, 0.3) is 11.7 Å². The van der Waals surface area contributed by atoms with Crippen molar-refractivity contribution in [2.75, 3.05) is 6.54 Å². The Balaban J connectivity index is 1.39. The van der Waals surface area contributed by atoms with Gasteiger partial charge in [0.15, 0.2) is 0 Å². The summed E-state index contributed by atoms with van der Waals surface area (Å²) in [6.45, 7) is 0.567. The van der Waals surface area contributed by atoms with E-state index in [4.69, 9.17) is 0 Å². The molecule has 4 rings (SSSR count). The highest BCUT2D eigenvalue weighted by atomic mass is 79.9. The predicted molar refractivity (Wildman–Crippen MR) is 99.9 cm³/mol. The molecule has 1 aromatic carbocycles. The largest absolute Gasteiger partial charge is 0.351 e. The van der Waals surface area contributed by atoms with E-state index < -0.39 is 0 Å². The fraction of sp³-hybridized carbons (Fsp3) is 0.235. The number of aromatic nitrogens is 6. The highest BCUT2D eigenvalue weighted by Crippen LogP contribution is 2.22. The van der Waals surface area contributed by atoms with Crippen LogP contribution in [-0.4, -0.2) is 41.8 Å². The topological polar surface area (TPSA) is 90.0 Å². The molecule has 132 valence electrons. The van der Waals surface area contributed by atoms with Crippen molar-refractivity contribution < 1.29 is 4.79 Å². The number of nitrogens with one attached hydrogen (secondary N) is 1. The highest BCUT2D eigenvalue weighted by Gasteiger charge is 2.16. The zero-order valence-corrected chi connectivity index (χ0v) is 15.6. The lowest BCUT2D eigenvalue weighted by atomic mass is 10.2. The first-order valence-electron chi connectivity index (χ1n) is 8.16. The Kier molecular flexibility index (Phi) is 4.37. The summed E-state index contributed by atoms with van der Waals surface area (Å²) in [6, 6.07) is 5.72. The van der Waals surface area contributed by atoms with E-state index in [1.807, 2.05) is 24.4 Å². The van der Waals surface area contributed by atoms with Gasteiger partial charge in [0.2, 0.25) is 0 Å². The van der Waals surface area contributed by atoms with E-state index in [2.05, 4.69) is 41.4 Å². The molecule has 26 heavy (non-hydrogen) atoms. The number of nitrogens with zero attached hydrogens (tertiary/aromatic N) is 6. The van der Waals surface area contributed by atoms with Gasteiger partial charge in [-0.05, 0) is 36.6 Å². The molecule has 0 aliphatic carbocycles. The van der Waals surface area contributed by atoms with Gasteiger partial charge in [-0.25, -0.2) is 9.50 Å². The summed E-state index contributed by atoms with van der Waals surface area (Å²) < 4.78 is 4.20. The number of rotatable bonds is 5. The van der Waals surface area contributed by atoms with Crippen molar-refractivity contribution >= 4 is 38.5 Å². The van der Waals surface area contributed by atoms with Crippen molar-refractivity contribution in [3.05, 3.63) is 52.7 Å². The minimum absolute atomic E-state index is 0.123. The summed E-state index contributed by atoms with van der Waals surface area (Å²) in [5, 5.41) is 12.3. The minimum atomic E-state index is -0.123. The summed E-state index contributed by atoms with van der Waals surface area (Å²) in [6.07, 6.45) is 6.77. The maximum Gasteiger partial charge on any atom is 0.270 e. The van der Waals surface area contributed by atoms with Crippen molar-refractivity contribution in [3.8, 4) is 0 Å². The van der Waals surface area contributed by atoms with Crippen LogP contribution in [0.1, 0.15) is 22.5 Å². The molecule has 9 heteroatoms. The molecule has 0 aliphatic rings. The molecule has 1 amide bonds. The van der Waals surface area contributed by atoms with Crippen LogP contribution in [0.25, 0.3) is 16.7 Å². The van der Waals surface area contributed by atoms with E-state index >= 15 is 0 Å². The average Bonchev–Trinajstić information content (AvgIpc) is 3.20. The van der Waals surface area contributed by atoms with Gasteiger partial charge in [-0.2, -0.15) is 15.2 Å². The number of halogens is 1. The lowest BCUT2D eigenvalue weighted by Crippen LogP contribution is -2.27. The van der Waals surface area contributed by atoms with Gasteiger partial charge in [-0.15, -0.1) is 0 Å². The van der Waals surface area contributed by atoms with E-state index in [1.165, 1.54) is 6.33 Å². The standard InChI is InChI=1S/C17H16BrN7O/c1-24-15(13-5-4-12(18)7-14(13)23-24)16(26)19-6-2-3-11-8-20-17-21-10-22-25(17)9-11/h4-5,7-10H,2-3,6H2,1H3,(H,19,26). The van der Waals surface area contributed by atoms with Crippen LogP contribution in [0, 0.1) is 0 Å². The second-order valence-corrected chi connectivity index (χ2v) is 6.88. The Hall–Kier alpha value is -2.81. The number of carbonyl (C=O) groups is 1. The van der Waals surface area contributed by atoms with Crippen LogP contribution in [0.3, 0.4) is 0 Å². The Labute approximate surface area is 157 Å². The third-order valence-corrected chi connectivity index (χ3v) is 4.62. The molecule has 0 saturated heterocycles. The number of fused-ring (bicyclic) bond motifs is 2. The SMILES string of the molecule is Cn1nc2cc(Br)ccc2c1C(=O)NCCCc1cnc2ncnn2c1. The first-order chi connectivity index (χ1) is 12.6. The predicted octanol–water partition coefficient (Wildman–Crippen LogP) is 2.14. The van der Waals surface area contributed by atoms with Crippen molar-refractivity contribution in [3.63, 3.8) is 0 Å². The second-order valence-electron chi connectivity index (χ2n) is 5.96. The second kappa shape index (κ2) is 6.83. The van der Waals surface area contributed by atoms with Crippen LogP contribution in [0.5, 0.6) is 0 Å². The maximum atomic E-state index is 12.6. The van der Waals surface area contributed by atoms with Crippen molar-refractivity contribution in [1.29, 1.82) is 0 Å². The van der Waals surface area contributed by atoms with Gasteiger partial charge < -0.3 is 5.32 Å². The molecule has 0 fully saturated rings. The third kappa shape index (κ3) is 3.17. The quantitative estimate of drug-likeness (QED) is 0.506. The molecule has 1 N–H and O–H groups in total. The molecule has 0 radical (unpaired) electrons. The summed E-state index contributed by atoms with van der Waals surface area (Å²) >= 11 is 3.42. The molecule has 4 aromatic rings. The molecule has 0 aliphatic heterocycles. The van der Waals surface area contributed by atoms with Crippen LogP contribution < -0.4 is 5.32 Å². The van der Waals surface area contributed by atoms with Gasteiger partial charge in [0.1, 0.15) is 12.0 Å². The Morgan fingerprint density at radius 1 is 1.31 bits per heavy atom. The monoisotopic (exact) mass is 413 g/mol. The molecule has 0 spiro atoms. The van der Waals surface area contributed by atoms with Gasteiger partial charge in [0.05, 0.1) is 5.52 Å². The maximum absolute atomic E-state index is 12.6. The van der Waals surface area contributed by atoms with Crippen LogP contribution in [0.2, 0.25) is 0 Å². The summed E-state index contributed by atoms with van der Waals surface area (Å²) in [5.74, 6) is 0.457. The van der Waals surface area contributed by atoms with E-state index in [1.54, 1.807) is 22.4 Å². The average molecular weight is 414 g/mol. The minimum Gasteiger partial charge on any atom is -0.351 e. The molecule has 0 bridgehead atoms. The van der Waals surface area contributed by atoms with Gasteiger partial charge in [-0.3, -0.25) is 9.48 Å². The van der Waals surface area contributed by atoms with E-state index in [9.17, 15) is 4.79 Å². The van der Waals surface area contributed by atoms with Crippen molar-refractivity contribution in [1.82, 2.24) is 34.7 Å². The van der Waals surface area contributed by atoms with E-state index in [-0.39, 0.29) is 5.91 Å². The lowest BCUT2D eigenvalue weighted by Gasteiger charge is -2.06. The normalized spacial score (nSPS) is 11.3. The smallest absolute Gasteiger partial charge is 0.270 e. The molecule has 0 saturated carbocycles. The van der Waals surface area contributed by atoms with Crippen molar-refractivity contribution in [2.45, 2.75) is 12.8 Å². The first-order valence-corrected chi connectivity index (χ1v) is 8.96. The summed E-state index contributed by atoms with van der Waals surface area (Å²) in [5.41, 5.74) is 2.41. The van der Waals surface area contributed by atoms with Crippen LogP contribution >= 0.6 is 15.9 Å². The molecular weight excluding hydrogens is 398 g/mol. The van der Waals surface area contributed by atoms with Crippen molar-refractivity contribution in [2.24, 2.45) is 7.05 Å². The number of benzene rings is 1. The van der Waals surface area contributed by atoms with Crippen LogP contribution in [0.15, 0.2) is 41.4 Å². The molecule has 3 heterocycles. The zero-order chi connectivity index (χ0) is 18.1. The zero-order valence-electron chi connectivity index (χ0n) is 14.1. The number of hydrogen-bond acceptors (Lipinski definition) is 5. The van der Waals surface area contributed by atoms with E-state index in [0.29, 0.717) is 18.0 Å². The van der Waals surface area contributed by atoms with Gasteiger partial charge in [0, 0.05) is 35.8 Å². The summed E-state index contributed by atoms with van der Waals surface area (Å²) in [4.78, 5) is 20.8. The number of carbonyl (C=O) groups excluding carboxylic acids is 1. The fourth-order valence-corrected chi connectivity index (χ4v) is 3.26. The van der Waals surface area contributed by atoms with Gasteiger partial charge >= 0.3 is 0 Å². The number of hydrogen-bond donors (Lipinski definition) is 1. The molecule has 3 aromatic heterocycles. The molecule has 0 atom stereocenters. The van der Waals surface area contributed by atoms with Crippen LogP contribution in [-0.2, 0) is 13.5 Å². The highest BCUT2D eigenvalue weighted by molar-refractivity contribution is 9.10. The first kappa shape index (κ1) is 16.6. The number of amides is 1. The Morgan fingerprint density at radius 2 is 2.19 bits per heavy atom. The van der Waals surface area contributed by atoms with E-state index in [0.717, 1.165) is 33.8 Å². The summed E-state index contributed by atoms with van der Waals surface area (Å²) in [7, 11) is 1.78. The lowest BCUT2D eigenvalue weighted by molar-refractivity contribution is 0.0945. The van der Waals surface area contributed by atoms with Crippen LogP contribution in [0.4, 0.5) is 0 Å². The molecular formula is C17H16BrN7O. The molecule has 0 unspecified atom stereocenters. The third-order valence-electron chi connectivity index (χ3n) is 4.13. The Morgan fingerprint density at radius 3 is 3.08 bits per heavy atom. The fourth-order valence-electron chi connectivity index (χ4n) is 2.91. The molecule has 8 nitrogen and oxygen atoms in total. The Bertz CT molecular complexity index is 1100.